The van der Waals surface area contributed by atoms with Crippen molar-refractivity contribution < 1.29 is 19.4 Å². The summed E-state index contributed by atoms with van der Waals surface area (Å²) in [5, 5.41) is 12.2. The van der Waals surface area contributed by atoms with Gasteiger partial charge in [-0.1, -0.05) is 0 Å². The van der Waals surface area contributed by atoms with E-state index in [2.05, 4.69) is 9.84 Å². The van der Waals surface area contributed by atoms with Gasteiger partial charge in [0, 0.05) is 6.20 Å². The van der Waals surface area contributed by atoms with Gasteiger partial charge in [-0.15, -0.1) is 0 Å². The zero-order valence-corrected chi connectivity index (χ0v) is 7.64. The SMILES string of the molecule is CCOC(=O)Cn1ccc(C(=O)O)n1. The highest BCUT2D eigenvalue weighted by molar-refractivity contribution is 5.85. The third kappa shape index (κ3) is 2.58. The molecule has 6 heteroatoms. The molecule has 1 aromatic heterocycles. The second-order valence-electron chi connectivity index (χ2n) is 2.51. The normalized spacial score (nSPS) is 9.79. The van der Waals surface area contributed by atoms with Crippen molar-refractivity contribution in [2.24, 2.45) is 0 Å². The molecule has 0 bridgehead atoms. The summed E-state index contributed by atoms with van der Waals surface area (Å²) in [5.41, 5.74) is -0.0886. The summed E-state index contributed by atoms with van der Waals surface area (Å²) in [6, 6.07) is 1.32. The molecule has 0 unspecified atom stereocenters. The van der Waals surface area contributed by atoms with Gasteiger partial charge in [-0.25, -0.2) is 4.79 Å². The zero-order chi connectivity index (χ0) is 10.6. The molecule has 1 heterocycles. The number of carbonyl (C=O) groups excluding carboxylic acids is 1. The van der Waals surface area contributed by atoms with Crippen molar-refractivity contribution in [2.45, 2.75) is 13.5 Å². The third-order valence-electron chi connectivity index (χ3n) is 1.46. The Hall–Kier alpha value is -1.85. The Bertz CT molecular complexity index is 345. The zero-order valence-electron chi connectivity index (χ0n) is 7.64. The lowest BCUT2D eigenvalue weighted by molar-refractivity contribution is -0.144. The van der Waals surface area contributed by atoms with Gasteiger partial charge in [0.15, 0.2) is 5.69 Å². The van der Waals surface area contributed by atoms with E-state index in [-0.39, 0.29) is 12.2 Å². The highest BCUT2D eigenvalue weighted by Crippen LogP contribution is 1.95. The van der Waals surface area contributed by atoms with Crippen molar-refractivity contribution in [3.05, 3.63) is 18.0 Å². The number of hydrogen-bond donors (Lipinski definition) is 1. The van der Waals surface area contributed by atoms with E-state index in [1.807, 2.05) is 0 Å². The number of carbonyl (C=O) groups is 2. The molecule has 0 aliphatic heterocycles. The van der Waals surface area contributed by atoms with Crippen LogP contribution in [0.5, 0.6) is 0 Å². The lowest BCUT2D eigenvalue weighted by Crippen LogP contribution is -2.14. The van der Waals surface area contributed by atoms with Crippen LogP contribution in [0.1, 0.15) is 17.4 Å². The number of carboxylic acids is 1. The first-order chi connectivity index (χ1) is 6.63. The minimum atomic E-state index is -1.12. The van der Waals surface area contributed by atoms with E-state index < -0.39 is 11.9 Å². The second kappa shape index (κ2) is 4.40. The molecule has 6 nitrogen and oxygen atoms in total. The summed E-state index contributed by atoms with van der Waals surface area (Å²) in [5.74, 6) is -1.56. The average Bonchev–Trinajstić information content (AvgIpc) is 2.53. The molecule has 1 N–H and O–H groups in total. The van der Waals surface area contributed by atoms with Gasteiger partial charge < -0.3 is 9.84 Å². The van der Waals surface area contributed by atoms with E-state index in [1.54, 1.807) is 6.92 Å². The summed E-state index contributed by atoms with van der Waals surface area (Å²) in [4.78, 5) is 21.4. The predicted octanol–water partition coefficient (Wildman–Crippen LogP) is 0.144. The average molecular weight is 198 g/mol. The van der Waals surface area contributed by atoms with Gasteiger partial charge in [0.1, 0.15) is 6.54 Å². The molecule has 0 spiro atoms. The minimum absolute atomic E-state index is 0.0683. The van der Waals surface area contributed by atoms with E-state index in [4.69, 9.17) is 5.11 Å². The van der Waals surface area contributed by atoms with Gasteiger partial charge >= 0.3 is 11.9 Å². The molecule has 1 rings (SSSR count). The van der Waals surface area contributed by atoms with Crippen LogP contribution < -0.4 is 0 Å². The second-order valence-corrected chi connectivity index (χ2v) is 2.51. The Morgan fingerprint density at radius 3 is 2.86 bits per heavy atom. The summed E-state index contributed by atoms with van der Waals surface area (Å²) < 4.78 is 5.89. The molecule has 0 fully saturated rings. The number of esters is 1. The largest absolute Gasteiger partial charge is 0.476 e. The number of aromatic carboxylic acids is 1. The van der Waals surface area contributed by atoms with Crippen molar-refractivity contribution in [1.82, 2.24) is 9.78 Å². The van der Waals surface area contributed by atoms with Crippen LogP contribution in [-0.4, -0.2) is 33.4 Å². The monoisotopic (exact) mass is 198 g/mol. The first-order valence-electron chi connectivity index (χ1n) is 4.06. The van der Waals surface area contributed by atoms with Crippen LogP contribution in [0.15, 0.2) is 12.3 Å². The number of rotatable bonds is 4. The Balaban J connectivity index is 2.59. The quantitative estimate of drug-likeness (QED) is 0.696. The van der Waals surface area contributed by atoms with Crippen LogP contribution in [0, 0.1) is 0 Å². The van der Waals surface area contributed by atoms with Crippen LogP contribution >= 0.6 is 0 Å². The summed E-state index contributed by atoms with van der Waals surface area (Å²) in [6.07, 6.45) is 1.42. The van der Waals surface area contributed by atoms with Gasteiger partial charge in [-0.2, -0.15) is 5.10 Å². The highest BCUT2D eigenvalue weighted by atomic mass is 16.5. The third-order valence-corrected chi connectivity index (χ3v) is 1.46. The van der Waals surface area contributed by atoms with Crippen molar-refractivity contribution in [3.63, 3.8) is 0 Å². The molecule has 0 atom stereocenters. The summed E-state index contributed by atoms with van der Waals surface area (Å²) >= 11 is 0. The molecule has 0 aliphatic rings. The topological polar surface area (TPSA) is 81.4 Å². The first-order valence-corrected chi connectivity index (χ1v) is 4.06. The number of aromatic nitrogens is 2. The molecule has 0 radical (unpaired) electrons. The van der Waals surface area contributed by atoms with Crippen LogP contribution in [0.4, 0.5) is 0 Å². The molecule has 0 aromatic carbocycles. The van der Waals surface area contributed by atoms with E-state index in [0.29, 0.717) is 6.61 Å². The van der Waals surface area contributed by atoms with Crippen LogP contribution in [0.3, 0.4) is 0 Å². The van der Waals surface area contributed by atoms with Crippen molar-refractivity contribution >= 4 is 11.9 Å². The highest BCUT2D eigenvalue weighted by Gasteiger charge is 2.09. The van der Waals surface area contributed by atoms with Gasteiger partial charge in [0.25, 0.3) is 0 Å². The fraction of sp³-hybridized carbons (Fsp3) is 0.375. The predicted molar refractivity (Wildman–Crippen MR) is 45.8 cm³/mol. The van der Waals surface area contributed by atoms with Crippen LogP contribution in [0.2, 0.25) is 0 Å². The standard InChI is InChI=1S/C8H10N2O4/c1-2-14-7(11)5-10-4-3-6(9-10)8(12)13/h3-4H,2,5H2,1H3,(H,12,13). The van der Waals surface area contributed by atoms with Gasteiger partial charge in [0.05, 0.1) is 6.61 Å². The van der Waals surface area contributed by atoms with E-state index in [9.17, 15) is 9.59 Å². The lowest BCUT2D eigenvalue weighted by Gasteiger charge is -2.00. The van der Waals surface area contributed by atoms with Crippen LogP contribution in [-0.2, 0) is 16.1 Å². The molecule has 1 aromatic rings. The van der Waals surface area contributed by atoms with Gasteiger partial charge in [-0.3, -0.25) is 9.48 Å². The van der Waals surface area contributed by atoms with Crippen molar-refractivity contribution in [2.75, 3.05) is 6.61 Å². The Morgan fingerprint density at radius 1 is 1.64 bits per heavy atom. The molecule has 14 heavy (non-hydrogen) atoms. The van der Waals surface area contributed by atoms with Crippen molar-refractivity contribution in [3.8, 4) is 0 Å². The minimum Gasteiger partial charge on any atom is -0.476 e. The summed E-state index contributed by atoms with van der Waals surface area (Å²) in [7, 11) is 0. The maximum absolute atomic E-state index is 11.0. The number of carboxylic acid groups (broad SMARTS) is 1. The summed E-state index contributed by atoms with van der Waals surface area (Å²) in [6.45, 7) is 1.93. The van der Waals surface area contributed by atoms with E-state index in [0.717, 1.165) is 0 Å². The molecule has 0 aliphatic carbocycles. The molecule has 76 valence electrons. The molecule has 0 saturated carbocycles. The Kier molecular flexibility index (Phi) is 3.22. The first kappa shape index (κ1) is 10.2. The number of hydrogen-bond acceptors (Lipinski definition) is 4. The fourth-order valence-electron chi connectivity index (χ4n) is 0.903. The van der Waals surface area contributed by atoms with Gasteiger partial charge in [0.2, 0.25) is 0 Å². The molecular weight excluding hydrogens is 188 g/mol. The number of ether oxygens (including phenoxy) is 1. The van der Waals surface area contributed by atoms with E-state index >= 15 is 0 Å². The van der Waals surface area contributed by atoms with E-state index in [1.165, 1.54) is 16.9 Å². The maximum Gasteiger partial charge on any atom is 0.356 e. The number of nitrogens with zero attached hydrogens (tertiary/aromatic N) is 2. The fourth-order valence-corrected chi connectivity index (χ4v) is 0.903. The molecular formula is C8H10N2O4. The molecule has 0 saturated heterocycles. The Morgan fingerprint density at radius 2 is 2.36 bits per heavy atom. The lowest BCUT2D eigenvalue weighted by atomic mass is 10.5. The van der Waals surface area contributed by atoms with Gasteiger partial charge in [-0.05, 0) is 13.0 Å². The van der Waals surface area contributed by atoms with Crippen molar-refractivity contribution in [1.29, 1.82) is 0 Å². The Labute approximate surface area is 80.1 Å². The van der Waals surface area contributed by atoms with Crippen LogP contribution in [0.25, 0.3) is 0 Å². The molecule has 0 amide bonds. The maximum atomic E-state index is 11.0. The smallest absolute Gasteiger partial charge is 0.356 e.